The fraction of sp³-hybridized carbons (Fsp3) is 0.167. The highest BCUT2D eigenvalue weighted by molar-refractivity contribution is 5.78. The van der Waals surface area contributed by atoms with Crippen LogP contribution in [0.1, 0.15) is 11.6 Å². The maximum absolute atomic E-state index is 5.45. The molecule has 0 saturated heterocycles. The van der Waals surface area contributed by atoms with E-state index in [0.717, 1.165) is 16.6 Å². The number of rotatable bonds is 2. The monoisotopic (exact) mass is 197 g/mol. The van der Waals surface area contributed by atoms with Crippen molar-refractivity contribution in [2.45, 2.75) is 6.04 Å². The van der Waals surface area contributed by atoms with E-state index in [1.165, 1.54) is 0 Å². The minimum atomic E-state index is -0.120. The van der Waals surface area contributed by atoms with E-state index in [1.807, 2.05) is 25.2 Å². The lowest BCUT2D eigenvalue weighted by molar-refractivity contribution is 0.740. The Bertz CT molecular complexity index is 508. The van der Waals surface area contributed by atoms with Gasteiger partial charge in [-0.25, -0.2) is 0 Å². The first-order valence-electron chi connectivity index (χ1n) is 4.70. The summed E-state index contributed by atoms with van der Waals surface area (Å²) < 4.78 is 0. The van der Waals surface area contributed by atoms with Gasteiger partial charge in [0, 0.05) is 18.0 Å². The number of hydrogen-bond donors (Lipinski definition) is 1. The summed E-state index contributed by atoms with van der Waals surface area (Å²) in [7, 11) is 1.83. The molecule has 3 nitrogen and oxygen atoms in total. The molecule has 0 fully saturated rings. The van der Waals surface area contributed by atoms with Crippen LogP contribution in [0.15, 0.2) is 30.6 Å². The maximum atomic E-state index is 5.45. The molecule has 15 heavy (non-hydrogen) atoms. The van der Waals surface area contributed by atoms with Crippen molar-refractivity contribution in [3.8, 4) is 12.3 Å². The van der Waals surface area contributed by atoms with E-state index in [-0.39, 0.29) is 6.04 Å². The van der Waals surface area contributed by atoms with Gasteiger partial charge in [-0.15, -0.1) is 6.42 Å². The van der Waals surface area contributed by atoms with E-state index in [4.69, 9.17) is 6.42 Å². The predicted octanol–water partition coefficient (Wildman–Crippen LogP) is 1.52. The van der Waals surface area contributed by atoms with Gasteiger partial charge in [0.25, 0.3) is 0 Å². The minimum Gasteiger partial charge on any atom is -0.303 e. The quantitative estimate of drug-likeness (QED) is 0.742. The Morgan fingerprint density at radius 1 is 1.33 bits per heavy atom. The summed E-state index contributed by atoms with van der Waals surface area (Å²) >= 11 is 0. The predicted molar refractivity (Wildman–Crippen MR) is 60.2 cm³/mol. The first kappa shape index (κ1) is 9.63. The molecule has 2 rings (SSSR count). The summed E-state index contributed by atoms with van der Waals surface area (Å²) in [4.78, 5) is 8.53. The molecule has 2 aromatic rings. The highest BCUT2D eigenvalue weighted by Gasteiger charge is 2.10. The normalized spacial score (nSPS) is 12.3. The molecule has 0 bridgehead atoms. The Kier molecular flexibility index (Phi) is 2.61. The first-order chi connectivity index (χ1) is 7.36. The van der Waals surface area contributed by atoms with Crippen molar-refractivity contribution in [2.75, 3.05) is 7.05 Å². The zero-order valence-electron chi connectivity index (χ0n) is 8.44. The van der Waals surface area contributed by atoms with E-state index in [0.29, 0.717) is 0 Å². The summed E-state index contributed by atoms with van der Waals surface area (Å²) in [6.45, 7) is 0. The number of aromatic nitrogens is 2. The highest BCUT2D eigenvalue weighted by Crippen LogP contribution is 2.19. The number of fused-ring (bicyclic) bond motifs is 1. The standard InChI is InChI=1S/C12H11N3/c1-3-10(13-2)9-5-4-6-11-12(9)15-8-7-14-11/h1,4-8,10,13H,2H3. The lowest BCUT2D eigenvalue weighted by Gasteiger charge is -2.11. The Hall–Kier alpha value is -1.92. The fourth-order valence-electron chi connectivity index (χ4n) is 1.58. The average Bonchev–Trinajstić information content (AvgIpc) is 2.31. The largest absolute Gasteiger partial charge is 0.303 e. The van der Waals surface area contributed by atoms with Gasteiger partial charge < -0.3 is 5.32 Å². The van der Waals surface area contributed by atoms with Gasteiger partial charge in [0.2, 0.25) is 0 Å². The van der Waals surface area contributed by atoms with Crippen molar-refractivity contribution in [3.05, 3.63) is 36.2 Å². The van der Waals surface area contributed by atoms with Crippen molar-refractivity contribution >= 4 is 11.0 Å². The van der Waals surface area contributed by atoms with Crippen molar-refractivity contribution < 1.29 is 0 Å². The van der Waals surface area contributed by atoms with E-state index in [2.05, 4.69) is 21.2 Å². The van der Waals surface area contributed by atoms with Crippen LogP contribution in [0.4, 0.5) is 0 Å². The molecule has 1 heterocycles. The zero-order valence-corrected chi connectivity index (χ0v) is 8.44. The molecule has 0 saturated carbocycles. The van der Waals surface area contributed by atoms with Crippen LogP contribution in [-0.4, -0.2) is 17.0 Å². The summed E-state index contributed by atoms with van der Waals surface area (Å²) in [6.07, 6.45) is 8.80. The second kappa shape index (κ2) is 4.07. The third kappa shape index (κ3) is 1.67. The Labute approximate surface area is 88.6 Å². The number of nitrogens with zero attached hydrogens (tertiary/aromatic N) is 2. The summed E-state index contributed by atoms with van der Waals surface area (Å²) in [5.74, 6) is 2.68. The third-order valence-corrected chi connectivity index (χ3v) is 2.30. The molecule has 0 radical (unpaired) electrons. The average molecular weight is 197 g/mol. The molecule has 1 N–H and O–H groups in total. The second-order valence-electron chi connectivity index (χ2n) is 3.16. The first-order valence-corrected chi connectivity index (χ1v) is 4.70. The van der Waals surface area contributed by atoms with Gasteiger partial charge in [-0.1, -0.05) is 18.1 Å². The Balaban J connectivity index is 2.66. The number of para-hydroxylation sites is 1. The van der Waals surface area contributed by atoms with Gasteiger partial charge in [0.15, 0.2) is 0 Å². The highest BCUT2D eigenvalue weighted by atomic mass is 14.9. The lowest BCUT2D eigenvalue weighted by Crippen LogP contribution is -2.14. The van der Waals surface area contributed by atoms with Gasteiger partial charge >= 0.3 is 0 Å². The smallest absolute Gasteiger partial charge is 0.0962 e. The molecule has 0 amide bonds. The molecule has 1 aromatic carbocycles. The molecule has 1 atom stereocenters. The summed E-state index contributed by atoms with van der Waals surface area (Å²) in [5, 5.41) is 3.06. The molecule has 74 valence electrons. The van der Waals surface area contributed by atoms with Gasteiger partial charge in [-0.05, 0) is 13.1 Å². The van der Waals surface area contributed by atoms with Crippen LogP contribution < -0.4 is 5.32 Å². The molecule has 0 spiro atoms. The fourth-order valence-corrected chi connectivity index (χ4v) is 1.58. The minimum absolute atomic E-state index is 0.120. The Morgan fingerprint density at radius 3 is 2.87 bits per heavy atom. The Morgan fingerprint density at radius 2 is 2.13 bits per heavy atom. The maximum Gasteiger partial charge on any atom is 0.0962 e. The zero-order chi connectivity index (χ0) is 10.7. The van der Waals surface area contributed by atoms with Gasteiger partial charge in [-0.3, -0.25) is 9.97 Å². The summed E-state index contributed by atoms with van der Waals surface area (Å²) in [5.41, 5.74) is 2.72. The van der Waals surface area contributed by atoms with Crippen molar-refractivity contribution in [2.24, 2.45) is 0 Å². The molecular weight excluding hydrogens is 186 g/mol. The topological polar surface area (TPSA) is 37.8 Å². The van der Waals surface area contributed by atoms with Crippen LogP contribution in [0.5, 0.6) is 0 Å². The van der Waals surface area contributed by atoms with Gasteiger partial charge in [0.1, 0.15) is 0 Å². The number of nitrogens with one attached hydrogen (secondary N) is 1. The molecular formula is C12H11N3. The molecule has 1 unspecified atom stereocenters. The van der Waals surface area contributed by atoms with Gasteiger partial charge in [0.05, 0.1) is 17.1 Å². The molecule has 0 aliphatic heterocycles. The number of hydrogen-bond acceptors (Lipinski definition) is 3. The van der Waals surface area contributed by atoms with E-state index in [9.17, 15) is 0 Å². The molecule has 0 aliphatic carbocycles. The van der Waals surface area contributed by atoms with Crippen LogP contribution in [-0.2, 0) is 0 Å². The van der Waals surface area contributed by atoms with Crippen LogP contribution in [0.2, 0.25) is 0 Å². The van der Waals surface area contributed by atoms with E-state index in [1.54, 1.807) is 12.4 Å². The second-order valence-corrected chi connectivity index (χ2v) is 3.16. The SMILES string of the molecule is C#CC(NC)c1cccc2nccnc12. The van der Waals surface area contributed by atoms with Crippen LogP contribution >= 0.6 is 0 Å². The summed E-state index contributed by atoms with van der Waals surface area (Å²) in [6, 6.07) is 5.71. The third-order valence-electron chi connectivity index (χ3n) is 2.30. The molecule has 1 aromatic heterocycles. The van der Waals surface area contributed by atoms with Crippen molar-refractivity contribution in [3.63, 3.8) is 0 Å². The van der Waals surface area contributed by atoms with E-state index < -0.39 is 0 Å². The van der Waals surface area contributed by atoms with Crippen molar-refractivity contribution in [1.82, 2.24) is 15.3 Å². The molecule has 3 heteroatoms. The van der Waals surface area contributed by atoms with Gasteiger partial charge in [-0.2, -0.15) is 0 Å². The number of benzene rings is 1. The van der Waals surface area contributed by atoms with Crippen LogP contribution in [0.25, 0.3) is 11.0 Å². The lowest BCUT2D eigenvalue weighted by atomic mass is 10.1. The van der Waals surface area contributed by atoms with Crippen molar-refractivity contribution in [1.29, 1.82) is 0 Å². The van der Waals surface area contributed by atoms with E-state index >= 15 is 0 Å². The van der Waals surface area contributed by atoms with Crippen LogP contribution in [0, 0.1) is 12.3 Å². The van der Waals surface area contributed by atoms with Crippen LogP contribution in [0.3, 0.4) is 0 Å². The number of terminal acetylenes is 1. The molecule has 0 aliphatic rings.